The van der Waals surface area contributed by atoms with E-state index in [9.17, 15) is 0 Å². The Labute approximate surface area is 123 Å². The largest absolute Gasteiger partial charge is 0.310 e. The molecule has 0 saturated carbocycles. The molecule has 1 atom stereocenters. The third-order valence-corrected chi connectivity index (χ3v) is 3.76. The summed E-state index contributed by atoms with van der Waals surface area (Å²) in [4.78, 5) is 4.12. The van der Waals surface area contributed by atoms with Crippen molar-refractivity contribution in [2.24, 2.45) is 0 Å². The number of benzene rings is 1. The van der Waals surface area contributed by atoms with Crippen LogP contribution in [0, 0.1) is 6.92 Å². The summed E-state index contributed by atoms with van der Waals surface area (Å²) in [5.41, 5.74) is 3.91. The van der Waals surface area contributed by atoms with Crippen molar-refractivity contribution in [2.75, 3.05) is 0 Å². The molecular weight excluding hydrogens is 300 g/mol. The van der Waals surface area contributed by atoms with Crippen LogP contribution in [0.5, 0.6) is 0 Å². The van der Waals surface area contributed by atoms with Gasteiger partial charge in [-0.1, -0.05) is 28.1 Å². The first-order valence-electron chi connectivity index (χ1n) is 6.52. The quantitative estimate of drug-likeness (QED) is 0.905. The van der Waals surface area contributed by atoms with Gasteiger partial charge < -0.3 is 5.32 Å². The van der Waals surface area contributed by atoms with E-state index in [2.05, 4.69) is 70.4 Å². The van der Waals surface area contributed by atoms with Gasteiger partial charge in [0.15, 0.2) is 0 Å². The van der Waals surface area contributed by atoms with Crippen LogP contribution >= 0.6 is 15.9 Å². The highest BCUT2D eigenvalue weighted by Gasteiger charge is 2.04. The number of nitrogens with one attached hydrogen (secondary N) is 1. The highest BCUT2D eigenvalue weighted by molar-refractivity contribution is 9.10. The molecule has 0 aliphatic heterocycles. The van der Waals surface area contributed by atoms with E-state index < -0.39 is 0 Å². The van der Waals surface area contributed by atoms with Crippen LogP contribution in [0.4, 0.5) is 0 Å². The van der Waals surface area contributed by atoms with Crippen molar-refractivity contribution in [3.05, 3.63) is 63.9 Å². The molecule has 1 aromatic carbocycles. The molecule has 1 aromatic heterocycles. The number of rotatable bonds is 5. The molecule has 2 aromatic rings. The highest BCUT2D eigenvalue weighted by atomic mass is 79.9. The van der Waals surface area contributed by atoms with Crippen molar-refractivity contribution in [3.63, 3.8) is 0 Å². The Balaban J connectivity index is 1.86. The van der Waals surface area contributed by atoms with E-state index in [1.807, 2.05) is 12.4 Å². The van der Waals surface area contributed by atoms with Gasteiger partial charge in [0.25, 0.3) is 0 Å². The minimum absolute atomic E-state index is 0.453. The van der Waals surface area contributed by atoms with E-state index in [0.717, 1.165) is 17.4 Å². The Bertz CT molecular complexity index is 523. The first kappa shape index (κ1) is 14.2. The smallest absolute Gasteiger partial charge is 0.0300 e. The number of aromatic nitrogens is 1. The van der Waals surface area contributed by atoms with Gasteiger partial charge in [0.1, 0.15) is 0 Å². The lowest BCUT2D eigenvalue weighted by Gasteiger charge is -2.15. The number of pyridine rings is 1. The van der Waals surface area contributed by atoms with Crippen molar-refractivity contribution in [2.45, 2.75) is 32.9 Å². The molecule has 0 spiro atoms. The van der Waals surface area contributed by atoms with Crippen LogP contribution in [0.25, 0.3) is 0 Å². The minimum atomic E-state index is 0.453. The van der Waals surface area contributed by atoms with Crippen molar-refractivity contribution in [3.8, 4) is 0 Å². The van der Waals surface area contributed by atoms with Gasteiger partial charge in [0.2, 0.25) is 0 Å². The molecule has 1 unspecified atom stereocenters. The van der Waals surface area contributed by atoms with Gasteiger partial charge in [-0.05, 0) is 55.2 Å². The van der Waals surface area contributed by atoms with E-state index in [1.54, 1.807) is 0 Å². The van der Waals surface area contributed by atoms with Gasteiger partial charge >= 0.3 is 0 Å². The molecular formula is C16H19BrN2. The van der Waals surface area contributed by atoms with Crippen LogP contribution in [0.1, 0.15) is 23.6 Å². The first-order chi connectivity index (χ1) is 9.15. The molecule has 0 amide bonds. The molecule has 1 N–H and O–H groups in total. The van der Waals surface area contributed by atoms with E-state index in [1.165, 1.54) is 16.7 Å². The van der Waals surface area contributed by atoms with Crippen LogP contribution in [0.3, 0.4) is 0 Å². The summed E-state index contributed by atoms with van der Waals surface area (Å²) in [5.74, 6) is 0. The topological polar surface area (TPSA) is 24.9 Å². The second-order valence-corrected chi connectivity index (χ2v) is 5.83. The number of halogens is 1. The minimum Gasteiger partial charge on any atom is -0.310 e. The van der Waals surface area contributed by atoms with Gasteiger partial charge in [-0.3, -0.25) is 4.98 Å². The molecule has 2 rings (SSSR count). The van der Waals surface area contributed by atoms with E-state index in [0.29, 0.717) is 6.04 Å². The fourth-order valence-corrected chi connectivity index (χ4v) is 2.30. The first-order valence-corrected chi connectivity index (χ1v) is 7.32. The van der Waals surface area contributed by atoms with Crippen LogP contribution in [0.2, 0.25) is 0 Å². The lowest BCUT2D eigenvalue weighted by Crippen LogP contribution is -2.27. The number of hydrogen-bond donors (Lipinski definition) is 1. The zero-order chi connectivity index (χ0) is 13.7. The maximum Gasteiger partial charge on any atom is 0.0300 e. The molecule has 1 heterocycles. The van der Waals surface area contributed by atoms with Crippen molar-refractivity contribution >= 4 is 15.9 Å². The average Bonchev–Trinajstić information content (AvgIpc) is 2.40. The predicted octanol–water partition coefficient (Wildman–Crippen LogP) is 3.87. The molecule has 0 radical (unpaired) electrons. The zero-order valence-electron chi connectivity index (χ0n) is 11.4. The Morgan fingerprint density at radius 1 is 1.21 bits per heavy atom. The Hall–Kier alpha value is -1.19. The van der Waals surface area contributed by atoms with Crippen molar-refractivity contribution < 1.29 is 0 Å². The van der Waals surface area contributed by atoms with Crippen molar-refractivity contribution in [1.82, 2.24) is 10.3 Å². The van der Waals surface area contributed by atoms with Gasteiger partial charge in [-0.25, -0.2) is 0 Å². The van der Waals surface area contributed by atoms with E-state index >= 15 is 0 Å². The predicted molar refractivity (Wildman–Crippen MR) is 83.1 cm³/mol. The van der Waals surface area contributed by atoms with E-state index in [-0.39, 0.29) is 0 Å². The fourth-order valence-electron chi connectivity index (χ4n) is 2.03. The standard InChI is InChI=1S/C16H19BrN2/c1-12-10-18-8-7-15(12)11-19-13(2)9-14-3-5-16(17)6-4-14/h3-8,10,13,19H,9,11H2,1-2H3. The molecule has 0 bridgehead atoms. The maximum absolute atomic E-state index is 4.12. The SMILES string of the molecule is Cc1cnccc1CNC(C)Cc1ccc(Br)cc1. The Morgan fingerprint density at radius 3 is 2.63 bits per heavy atom. The molecule has 100 valence electrons. The Morgan fingerprint density at radius 2 is 1.95 bits per heavy atom. The number of nitrogens with zero attached hydrogens (tertiary/aromatic N) is 1. The second kappa shape index (κ2) is 6.83. The summed E-state index contributed by atoms with van der Waals surface area (Å²) >= 11 is 3.46. The molecule has 0 saturated heterocycles. The molecule has 19 heavy (non-hydrogen) atoms. The van der Waals surface area contributed by atoms with Crippen LogP contribution in [0.15, 0.2) is 47.2 Å². The number of hydrogen-bond acceptors (Lipinski definition) is 2. The summed E-state index contributed by atoms with van der Waals surface area (Å²) < 4.78 is 1.13. The second-order valence-electron chi connectivity index (χ2n) is 4.91. The summed E-state index contributed by atoms with van der Waals surface area (Å²) in [5, 5.41) is 3.56. The average molecular weight is 319 g/mol. The van der Waals surface area contributed by atoms with Gasteiger partial charge in [0, 0.05) is 29.5 Å². The summed E-state index contributed by atoms with van der Waals surface area (Å²) in [6.45, 7) is 5.22. The third kappa shape index (κ3) is 4.44. The summed E-state index contributed by atoms with van der Waals surface area (Å²) in [6.07, 6.45) is 4.80. The molecule has 2 nitrogen and oxygen atoms in total. The lowest BCUT2D eigenvalue weighted by atomic mass is 10.1. The van der Waals surface area contributed by atoms with Crippen LogP contribution < -0.4 is 5.32 Å². The fraction of sp³-hybridized carbons (Fsp3) is 0.312. The van der Waals surface area contributed by atoms with Gasteiger partial charge in [-0.15, -0.1) is 0 Å². The zero-order valence-corrected chi connectivity index (χ0v) is 12.9. The van der Waals surface area contributed by atoms with Gasteiger partial charge in [-0.2, -0.15) is 0 Å². The van der Waals surface area contributed by atoms with Crippen LogP contribution in [-0.2, 0) is 13.0 Å². The van der Waals surface area contributed by atoms with Gasteiger partial charge in [0.05, 0.1) is 0 Å². The van der Waals surface area contributed by atoms with Crippen LogP contribution in [-0.4, -0.2) is 11.0 Å². The molecule has 0 aliphatic rings. The summed E-state index contributed by atoms with van der Waals surface area (Å²) in [6, 6.07) is 11.0. The monoisotopic (exact) mass is 318 g/mol. The van der Waals surface area contributed by atoms with E-state index in [4.69, 9.17) is 0 Å². The molecule has 3 heteroatoms. The Kier molecular flexibility index (Phi) is 5.11. The normalized spacial score (nSPS) is 12.4. The third-order valence-electron chi connectivity index (χ3n) is 3.23. The molecule has 0 aliphatic carbocycles. The molecule has 0 fully saturated rings. The number of aryl methyl sites for hydroxylation is 1. The lowest BCUT2D eigenvalue weighted by molar-refractivity contribution is 0.544. The maximum atomic E-state index is 4.12. The summed E-state index contributed by atoms with van der Waals surface area (Å²) in [7, 11) is 0. The van der Waals surface area contributed by atoms with Crippen molar-refractivity contribution in [1.29, 1.82) is 0 Å². The highest BCUT2D eigenvalue weighted by Crippen LogP contribution is 2.12.